The molecule has 0 aliphatic carbocycles. The molecule has 0 saturated heterocycles. The molecule has 0 aliphatic rings. The van der Waals surface area contributed by atoms with Gasteiger partial charge in [0.2, 0.25) is 0 Å². The lowest BCUT2D eigenvalue weighted by Gasteiger charge is -2.15. The molecule has 0 saturated carbocycles. The summed E-state index contributed by atoms with van der Waals surface area (Å²) in [6.45, 7) is 3.68. The topological polar surface area (TPSA) is 81.7 Å². The third-order valence-electron chi connectivity index (χ3n) is 3.50. The van der Waals surface area contributed by atoms with Crippen LogP contribution in [0.15, 0.2) is 48.5 Å². The van der Waals surface area contributed by atoms with Crippen LogP contribution in [-0.2, 0) is 14.6 Å². The summed E-state index contributed by atoms with van der Waals surface area (Å²) < 4.78 is 33.3. The molecule has 26 heavy (non-hydrogen) atoms. The number of hydrogen-bond donors (Lipinski definition) is 1. The van der Waals surface area contributed by atoms with Gasteiger partial charge < -0.3 is 14.8 Å². The lowest BCUT2D eigenvalue weighted by atomic mass is 10.2. The van der Waals surface area contributed by atoms with Gasteiger partial charge in [0.15, 0.2) is 15.9 Å². The number of rotatable bonds is 8. The molecule has 0 heterocycles. The number of hydrogen-bond acceptors (Lipinski definition) is 5. The zero-order valence-electron chi connectivity index (χ0n) is 15.1. The second-order valence-electron chi connectivity index (χ2n) is 6.07. The van der Waals surface area contributed by atoms with E-state index in [9.17, 15) is 13.2 Å². The Balaban J connectivity index is 1.92. The SMILES string of the molecule is Cc1cccc(OC(C)C(=O)Nc2cccc(OCCS(C)(=O)=O)c2)c1. The minimum absolute atomic E-state index is 0.0586. The summed E-state index contributed by atoms with van der Waals surface area (Å²) in [4.78, 5) is 12.3. The van der Waals surface area contributed by atoms with Crippen molar-refractivity contribution in [3.63, 3.8) is 0 Å². The van der Waals surface area contributed by atoms with E-state index in [0.29, 0.717) is 17.2 Å². The Morgan fingerprint density at radius 1 is 1.12 bits per heavy atom. The number of amides is 1. The summed E-state index contributed by atoms with van der Waals surface area (Å²) in [5.41, 5.74) is 1.60. The number of ether oxygens (including phenoxy) is 2. The molecule has 0 fully saturated rings. The Kier molecular flexibility index (Phi) is 6.63. The molecule has 0 spiro atoms. The molecular weight excluding hydrogens is 354 g/mol. The van der Waals surface area contributed by atoms with Crippen molar-refractivity contribution in [3.05, 3.63) is 54.1 Å². The molecule has 2 aromatic rings. The van der Waals surface area contributed by atoms with Crippen molar-refractivity contribution < 1.29 is 22.7 Å². The Hall–Kier alpha value is -2.54. The Morgan fingerprint density at radius 2 is 1.81 bits per heavy atom. The summed E-state index contributed by atoms with van der Waals surface area (Å²) >= 11 is 0. The first kappa shape index (κ1) is 19.8. The lowest BCUT2D eigenvalue weighted by molar-refractivity contribution is -0.122. The maximum Gasteiger partial charge on any atom is 0.265 e. The molecule has 0 aliphatic heterocycles. The van der Waals surface area contributed by atoms with Crippen molar-refractivity contribution in [3.8, 4) is 11.5 Å². The number of nitrogens with one attached hydrogen (secondary N) is 1. The van der Waals surface area contributed by atoms with Crippen molar-refractivity contribution in [1.29, 1.82) is 0 Å². The second-order valence-corrected chi connectivity index (χ2v) is 8.33. The summed E-state index contributed by atoms with van der Waals surface area (Å²) in [5, 5.41) is 2.76. The van der Waals surface area contributed by atoms with Crippen molar-refractivity contribution in [2.75, 3.05) is 23.9 Å². The van der Waals surface area contributed by atoms with E-state index < -0.39 is 15.9 Å². The normalized spacial score (nSPS) is 12.3. The molecule has 2 rings (SSSR count). The third kappa shape index (κ3) is 6.76. The molecule has 1 atom stereocenters. The van der Waals surface area contributed by atoms with Crippen LogP contribution in [0.1, 0.15) is 12.5 Å². The molecule has 140 valence electrons. The third-order valence-corrected chi connectivity index (χ3v) is 4.40. The Morgan fingerprint density at radius 3 is 2.50 bits per heavy atom. The van der Waals surface area contributed by atoms with E-state index in [-0.39, 0.29) is 18.3 Å². The van der Waals surface area contributed by atoms with Gasteiger partial charge in [-0.15, -0.1) is 0 Å². The van der Waals surface area contributed by atoms with Crippen LogP contribution in [0.2, 0.25) is 0 Å². The van der Waals surface area contributed by atoms with Gasteiger partial charge in [-0.25, -0.2) is 8.42 Å². The standard InChI is InChI=1S/C19H23NO5S/c1-14-6-4-9-18(12-14)25-15(2)19(21)20-16-7-5-8-17(13-16)24-10-11-26(3,22)23/h4-9,12-13,15H,10-11H2,1-3H3,(H,20,21). The van der Waals surface area contributed by atoms with Gasteiger partial charge in [-0.3, -0.25) is 4.79 Å². The number of aryl methyl sites for hydroxylation is 1. The highest BCUT2D eigenvalue weighted by atomic mass is 32.2. The van der Waals surface area contributed by atoms with E-state index in [4.69, 9.17) is 9.47 Å². The summed E-state index contributed by atoms with van der Waals surface area (Å²) in [6.07, 6.45) is 0.481. The van der Waals surface area contributed by atoms with E-state index in [1.807, 2.05) is 25.1 Å². The van der Waals surface area contributed by atoms with Crippen LogP contribution in [0.5, 0.6) is 11.5 Å². The number of carbonyl (C=O) groups is 1. The fraction of sp³-hybridized carbons (Fsp3) is 0.316. The fourth-order valence-electron chi connectivity index (χ4n) is 2.16. The van der Waals surface area contributed by atoms with Gasteiger partial charge in [0.05, 0.1) is 5.75 Å². The van der Waals surface area contributed by atoms with E-state index in [0.717, 1.165) is 11.8 Å². The van der Waals surface area contributed by atoms with Gasteiger partial charge in [0.1, 0.15) is 18.1 Å². The predicted molar refractivity (Wildman–Crippen MR) is 102 cm³/mol. The molecule has 6 nitrogen and oxygen atoms in total. The van der Waals surface area contributed by atoms with Gasteiger partial charge in [0, 0.05) is 18.0 Å². The molecule has 1 amide bonds. The van der Waals surface area contributed by atoms with E-state index in [2.05, 4.69) is 5.32 Å². The lowest BCUT2D eigenvalue weighted by Crippen LogP contribution is -2.30. The van der Waals surface area contributed by atoms with Gasteiger partial charge >= 0.3 is 0 Å². The van der Waals surface area contributed by atoms with Gasteiger partial charge in [0.25, 0.3) is 5.91 Å². The van der Waals surface area contributed by atoms with Crippen LogP contribution in [0.4, 0.5) is 5.69 Å². The second kappa shape index (κ2) is 8.71. The van der Waals surface area contributed by atoms with Crippen LogP contribution in [0.25, 0.3) is 0 Å². The summed E-state index contributed by atoms with van der Waals surface area (Å²) in [7, 11) is -3.08. The monoisotopic (exact) mass is 377 g/mol. The molecule has 0 radical (unpaired) electrons. The molecular formula is C19H23NO5S. The minimum Gasteiger partial charge on any atom is -0.492 e. The quantitative estimate of drug-likeness (QED) is 0.765. The molecule has 0 aromatic heterocycles. The largest absolute Gasteiger partial charge is 0.492 e. The average Bonchev–Trinajstić information content (AvgIpc) is 2.54. The predicted octanol–water partition coefficient (Wildman–Crippen LogP) is 2.82. The van der Waals surface area contributed by atoms with Crippen molar-refractivity contribution in [1.82, 2.24) is 0 Å². The molecule has 0 bridgehead atoms. The van der Waals surface area contributed by atoms with E-state index in [1.165, 1.54) is 0 Å². The first-order valence-electron chi connectivity index (χ1n) is 8.18. The van der Waals surface area contributed by atoms with Crippen LogP contribution in [0, 0.1) is 6.92 Å². The first-order valence-corrected chi connectivity index (χ1v) is 10.2. The highest BCUT2D eigenvalue weighted by molar-refractivity contribution is 7.90. The first-order chi connectivity index (χ1) is 12.2. The van der Waals surface area contributed by atoms with Crippen LogP contribution in [-0.4, -0.2) is 39.0 Å². The van der Waals surface area contributed by atoms with Crippen molar-refractivity contribution in [2.24, 2.45) is 0 Å². The summed E-state index contributed by atoms with van der Waals surface area (Å²) in [5.74, 6) is 0.759. The molecule has 1 unspecified atom stereocenters. The number of benzene rings is 2. The van der Waals surface area contributed by atoms with Crippen molar-refractivity contribution >= 4 is 21.4 Å². The van der Waals surface area contributed by atoms with Gasteiger partial charge in [-0.05, 0) is 43.7 Å². The fourth-order valence-corrected chi connectivity index (χ4v) is 2.55. The Bertz CT molecular complexity index is 864. The number of anilines is 1. The maximum absolute atomic E-state index is 12.3. The molecule has 7 heteroatoms. The summed E-state index contributed by atoms with van der Waals surface area (Å²) in [6, 6.07) is 14.3. The van der Waals surface area contributed by atoms with Crippen LogP contribution >= 0.6 is 0 Å². The number of carbonyl (C=O) groups excluding carboxylic acids is 1. The zero-order chi connectivity index (χ0) is 19.2. The van der Waals surface area contributed by atoms with Crippen molar-refractivity contribution in [2.45, 2.75) is 20.0 Å². The average molecular weight is 377 g/mol. The van der Waals surface area contributed by atoms with Gasteiger partial charge in [-0.2, -0.15) is 0 Å². The number of sulfone groups is 1. The van der Waals surface area contributed by atoms with E-state index >= 15 is 0 Å². The minimum atomic E-state index is -3.08. The molecule has 2 aromatic carbocycles. The highest BCUT2D eigenvalue weighted by Gasteiger charge is 2.15. The van der Waals surface area contributed by atoms with Crippen LogP contribution in [0.3, 0.4) is 0 Å². The van der Waals surface area contributed by atoms with Crippen LogP contribution < -0.4 is 14.8 Å². The Labute approximate surface area is 154 Å². The molecule has 1 N–H and O–H groups in total. The zero-order valence-corrected chi connectivity index (χ0v) is 15.9. The van der Waals surface area contributed by atoms with E-state index in [1.54, 1.807) is 37.3 Å². The maximum atomic E-state index is 12.3. The highest BCUT2D eigenvalue weighted by Crippen LogP contribution is 2.19. The smallest absolute Gasteiger partial charge is 0.265 e. The van der Waals surface area contributed by atoms with Gasteiger partial charge in [-0.1, -0.05) is 18.2 Å².